The van der Waals surface area contributed by atoms with Gasteiger partial charge in [0.2, 0.25) is 11.7 Å². The van der Waals surface area contributed by atoms with E-state index in [1.807, 2.05) is 37.4 Å². The minimum absolute atomic E-state index is 0.00503. The maximum atomic E-state index is 12.3. The van der Waals surface area contributed by atoms with Crippen molar-refractivity contribution in [2.45, 2.75) is 37.4 Å². The first-order valence-electron chi connectivity index (χ1n) is 9.75. The van der Waals surface area contributed by atoms with Gasteiger partial charge in [-0.05, 0) is 26.0 Å². The van der Waals surface area contributed by atoms with E-state index >= 15 is 0 Å². The summed E-state index contributed by atoms with van der Waals surface area (Å²) >= 11 is 1.40. The fourth-order valence-electron chi connectivity index (χ4n) is 3.29. The predicted octanol–water partition coefficient (Wildman–Crippen LogP) is 2.51. The van der Waals surface area contributed by atoms with E-state index in [9.17, 15) is 4.79 Å². The topological polar surface area (TPSA) is 121 Å². The maximum absolute atomic E-state index is 12.3. The third-order valence-corrected chi connectivity index (χ3v) is 5.62. The lowest BCUT2D eigenvalue weighted by atomic mass is 10.1. The molecule has 1 saturated heterocycles. The highest BCUT2D eigenvalue weighted by atomic mass is 32.2. The van der Waals surface area contributed by atoms with E-state index in [0.29, 0.717) is 28.8 Å². The summed E-state index contributed by atoms with van der Waals surface area (Å²) in [6.07, 6.45) is 3.96. The summed E-state index contributed by atoms with van der Waals surface area (Å²) in [7, 11) is 0. The van der Waals surface area contributed by atoms with E-state index in [-0.39, 0.29) is 24.4 Å². The van der Waals surface area contributed by atoms with Gasteiger partial charge in [-0.2, -0.15) is 10.1 Å². The van der Waals surface area contributed by atoms with Gasteiger partial charge in [0.1, 0.15) is 23.0 Å². The molecular formula is C20H24N6O3S. The number of nitrogens with zero attached hydrogens (tertiary/aromatic N) is 4. The smallest absolute Gasteiger partial charge is 0.264 e. The molecule has 1 aliphatic rings. The Bertz CT molecular complexity index is 1020. The Hall–Kier alpha value is -2.85. The Labute approximate surface area is 178 Å². The van der Waals surface area contributed by atoms with Crippen LogP contribution in [0.1, 0.15) is 18.4 Å². The van der Waals surface area contributed by atoms with E-state index in [2.05, 4.69) is 20.6 Å². The Kier molecular flexibility index (Phi) is 6.05. The Morgan fingerprint density at radius 1 is 1.37 bits per heavy atom. The zero-order valence-corrected chi connectivity index (χ0v) is 17.7. The fourth-order valence-corrected chi connectivity index (χ4v) is 3.86. The van der Waals surface area contributed by atoms with Crippen molar-refractivity contribution in [3.63, 3.8) is 0 Å². The average Bonchev–Trinajstić information content (AvgIpc) is 3.48. The van der Waals surface area contributed by atoms with E-state index in [0.717, 1.165) is 30.6 Å². The van der Waals surface area contributed by atoms with Gasteiger partial charge < -0.3 is 20.3 Å². The number of nitrogens with one attached hydrogen (secondary N) is 1. The van der Waals surface area contributed by atoms with Crippen molar-refractivity contribution >= 4 is 23.5 Å². The van der Waals surface area contributed by atoms with E-state index in [1.54, 1.807) is 0 Å². The molecule has 0 aliphatic carbocycles. The van der Waals surface area contributed by atoms with E-state index in [4.69, 9.17) is 15.0 Å². The molecule has 10 heteroatoms. The molecule has 1 aromatic carbocycles. The molecule has 0 spiro atoms. The SMILES string of the molecule is CSc1nn(CC(=O)NCC2CCCO2)c(N)c1-c1nc(-c2ccc(C)cc2)no1. The van der Waals surface area contributed by atoms with Crippen molar-refractivity contribution in [2.24, 2.45) is 0 Å². The lowest BCUT2D eigenvalue weighted by Gasteiger charge is -2.11. The minimum atomic E-state index is -0.176. The highest BCUT2D eigenvalue weighted by molar-refractivity contribution is 7.98. The highest BCUT2D eigenvalue weighted by Crippen LogP contribution is 2.34. The Morgan fingerprint density at radius 3 is 2.87 bits per heavy atom. The zero-order chi connectivity index (χ0) is 21.1. The van der Waals surface area contributed by atoms with Crippen LogP contribution in [-0.2, 0) is 16.1 Å². The number of carbonyl (C=O) groups is 1. The van der Waals surface area contributed by atoms with Crippen LogP contribution in [0, 0.1) is 6.92 Å². The molecule has 158 valence electrons. The van der Waals surface area contributed by atoms with Crippen molar-refractivity contribution in [3.05, 3.63) is 29.8 Å². The molecule has 1 aliphatic heterocycles. The Morgan fingerprint density at radius 2 is 2.17 bits per heavy atom. The van der Waals surface area contributed by atoms with Crippen LogP contribution < -0.4 is 11.1 Å². The lowest BCUT2D eigenvalue weighted by Crippen LogP contribution is -2.34. The number of ether oxygens (including phenoxy) is 1. The number of aryl methyl sites for hydroxylation is 1. The maximum Gasteiger partial charge on any atom is 0.264 e. The molecule has 1 amide bonds. The van der Waals surface area contributed by atoms with Crippen molar-refractivity contribution in [1.82, 2.24) is 25.2 Å². The monoisotopic (exact) mass is 428 g/mol. The molecule has 3 aromatic rings. The summed E-state index contributed by atoms with van der Waals surface area (Å²) in [4.78, 5) is 16.8. The number of thioether (sulfide) groups is 1. The summed E-state index contributed by atoms with van der Waals surface area (Å²) in [6.45, 7) is 3.26. The average molecular weight is 429 g/mol. The number of nitrogens with two attached hydrogens (primary N) is 1. The second kappa shape index (κ2) is 8.88. The number of nitrogen functional groups attached to an aromatic ring is 1. The van der Waals surface area contributed by atoms with Crippen LogP contribution in [0.5, 0.6) is 0 Å². The van der Waals surface area contributed by atoms with Gasteiger partial charge in [-0.25, -0.2) is 4.68 Å². The number of carbonyl (C=O) groups excluding carboxylic acids is 1. The van der Waals surface area contributed by atoms with Crippen LogP contribution in [0.3, 0.4) is 0 Å². The van der Waals surface area contributed by atoms with Crippen molar-refractivity contribution < 1.29 is 14.1 Å². The summed E-state index contributed by atoms with van der Waals surface area (Å²) < 4.78 is 12.5. The number of aromatic nitrogens is 4. The van der Waals surface area contributed by atoms with Crippen LogP contribution in [-0.4, -0.2) is 51.3 Å². The number of anilines is 1. The van der Waals surface area contributed by atoms with Gasteiger partial charge in [-0.1, -0.05) is 35.0 Å². The van der Waals surface area contributed by atoms with Crippen LogP contribution in [0.15, 0.2) is 33.8 Å². The predicted molar refractivity (Wildman–Crippen MR) is 114 cm³/mol. The summed E-state index contributed by atoms with van der Waals surface area (Å²) in [5.74, 6) is 0.882. The van der Waals surface area contributed by atoms with Crippen LogP contribution in [0.25, 0.3) is 22.8 Å². The fraction of sp³-hybridized carbons (Fsp3) is 0.400. The zero-order valence-electron chi connectivity index (χ0n) is 16.9. The van der Waals surface area contributed by atoms with Crippen LogP contribution >= 0.6 is 11.8 Å². The van der Waals surface area contributed by atoms with Gasteiger partial charge in [-0.15, -0.1) is 11.8 Å². The number of hydrogen-bond donors (Lipinski definition) is 2. The lowest BCUT2D eigenvalue weighted by molar-refractivity contribution is -0.122. The van der Waals surface area contributed by atoms with Gasteiger partial charge in [0.15, 0.2) is 0 Å². The van der Waals surface area contributed by atoms with Crippen molar-refractivity contribution in [2.75, 3.05) is 25.1 Å². The largest absolute Gasteiger partial charge is 0.383 e. The molecule has 0 saturated carbocycles. The van der Waals surface area contributed by atoms with Crippen LogP contribution in [0.2, 0.25) is 0 Å². The normalized spacial score (nSPS) is 16.1. The number of amides is 1. The van der Waals surface area contributed by atoms with Gasteiger partial charge in [0, 0.05) is 18.7 Å². The van der Waals surface area contributed by atoms with Crippen LogP contribution in [0.4, 0.5) is 5.82 Å². The third kappa shape index (κ3) is 4.34. The number of hydrogen-bond acceptors (Lipinski definition) is 8. The molecule has 9 nitrogen and oxygen atoms in total. The molecule has 3 heterocycles. The molecule has 0 radical (unpaired) electrons. The van der Waals surface area contributed by atoms with Gasteiger partial charge in [0.05, 0.1) is 6.10 Å². The standard InChI is InChI=1S/C20H24N6O3S/c1-12-5-7-13(8-6-12)18-23-19(29-25-18)16-17(21)26(24-20(16)30-2)11-15(27)22-10-14-4-3-9-28-14/h5-8,14H,3-4,9-11,21H2,1-2H3,(H,22,27). The summed E-state index contributed by atoms with van der Waals surface area (Å²) in [5, 5.41) is 12.0. The van der Waals surface area contributed by atoms with Gasteiger partial charge >= 0.3 is 0 Å². The molecule has 30 heavy (non-hydrogen) atoms. The Balaban J connectivity index is 1.52. The third-order valence-electron chi connectivity index (χ3n) is 4.95. The first-order chi connectivity index (χ1) is 14.5. The first kappa shape index (κ1) is 20.4. The minimum Gasteiger partial charge on any atom is -0.383 e. The molecule has 1 unspecified atom stereocenters. The first-order valence-corrected chi connectivity index (χ1v) is 11.0. The number of benzene rings is 1. The second-order valence-corrected chi connectivity index (χ2v) is 7.95. The summed E-state index contributed by atoms with van der Waals surface area (Å²) in [5.41, 5.74) is 8.84. The molecule has 1 fully saturated rings. The molecule has 3 N–H and O–H groups in total. The van der Waals surface area contributed by atoms with E-state index in [1.165, 1.54) is 16.4 Å². The van der Waals surface area contributed by atoms with Crippen molar-refractivity contribution in [1.29, 1.82) is 0 Å². The van der Waals surface area contributed by atoms with Gasteiger partial charge in [0.25, 0.3) is 5.89 Å². The van der Waals surface area contributed by atoms with Crippen molar-refractivity contribution in [3.8, 4) is 22.8 Å². The highest BCUT2D eigenvalue weighted by Gasteiger charge is 2.24. The molecule has 0 bridgehead atoms. The number of rotatable bonds is 7. The van der Waals surface area contributed by atoms with Gasteiger partial charge in [-0.3, -0.25) is 4.79 Å². The van der Waals surface area contributed by atoms with E-state index < -0.39 is 0 Å². The second-order valence-electron chi connectivity index (χ2n) is 7.16. The molecule has 1 atom stereocenters. The summed E-state index contributed by atoms with van der Waals surface area (Å²) in [6, 6.07) is 7.84. The molecular weight excluding hydrogens is 404 g/mol. The molecule has 4 rings (SSSR count). The quantitative estimate of drug-likeness (QED) is 0.551. The molecule has 2 aromatic heterocycles.